The average Bonchev–Trinajstić information content (AvgIpc) is 2.82. The zero-order valence-corrected chi connectivity index (χ0v) is 20.2. The van der Waals surface area contributed by atoms with Crippen LogP contribution >= 0.6 is 11.6 Å². The Balaban J connectivity index is 1.36. The number of nitrogens with zero attached hydrogens (tertiary/aromatic N) is 2. The van der Waals surface area contributed by atoms with Crippen molar-refractivity contribution in [1.29, 1.82) is 0 Å². The average molecular weight is 502 g/mol. The minimum absolute atomic E-state index is 0.0601. The number of aryl methyl sites for hydroxylation is 1. The molecule has 0 atom stereocenters. The van der Waals surface area contributed by atoms with Crippen LogP contribution in [0.4, 0.5) is 10.1 Å². The topological polar surface area (TPSA) is 69.7 Å². The minimum Gasteiger partial charge on any atom is -0.322 e. The number of benzene rings is 3. The normalized spacial score (nSPS) is 15.3. The van der Waals surface area contributed by atoms with Crippen molar-refractivity contribution >= 4 is 33.2 Å². The van der Waals surface area contributed by atoms with Gasteiger partial charge in [-0.25, -0.2) is 12.8 Å². The molecule has 0 spiro atoms. The number of halogens is 2. The van der Waals surface area contributed by atoms with Gasteiger partial charge in [-0.1, -0.05) is 41.4 Å². The summed E-state index contributed by atoms with van der Waals surface area (Å²) in [6.07, 6.45) is 0. The van der Waals surface area contributed by atoms with Crippen LogP contribution in [-0.4, -0.2) is 49.7 Å². The molecule has 1 fully saturated rings. The van der Waals surface area contributed by atoms with Gasteiger partial charge in [0, 0.05) is 44.0 Å². The Labute approximate surface area is 204 Å². The van der Waals surface area contributed by atoms with E-state index in [-0.39, 0.29) is 10.9 Å². The van der Waals surface area contributed by atoms with Crippen LogP contribution in [0.25, 0.3) is 0 Å². The molecule has 3 aromatic carbocycles. The summed E-state index contributed by atoms with van der Waals surface area (Å²) < 4.78 is 40.7. The lowest BCUT2D eigenvalue weighted by atomic mass is 10.1. The van der Waals surface area contributed by atoms with Crippen molar-refractivity contribution in [1.82, 2.24) is 9.21 Å². The van der Waals surface area contributed by atoms with Crippen molar-refractivity contribution in [2.75, 3.05) is 31.5 Å². The smallest absolute Gasteiger partial charge is 0.255 e. The van der Waals surface area contributed by atoms with Crippen LogP contribution in [0.3, 0.4) is 0 Å². The maximum absolute atomic E-state index is 13.3. The number of anilines is 1. The maximum Gasteiger partial charge on any atom is 0.255 e. The molecule has 0 saturated carbocycles. The molecule has 6 nitrogen and oxygen atoms in total. The third-order valence-corrected chi connectivity index (χ3v) is 7.97. The predicted molar refractivity (Wildman–Crippen MR) is 131 cm³/mol. The number of sulfonamides is 1. The summed E-state index contributed by atoms with van der Waals surface area (Å²) in [6, 6.07) is 18.2. The maximum atomic E-state index is 13.3. The summed E-state index contributed by atoms with van der Waals surface area (Å²) in [5.41, 5.74) is 2.84. The van der Waals surface area contributed by atoms with Crippen molar-refractivity contribution in [2.24, 2.45) is 0 Å². The van der Waals surface area contributed by atoms with Gasteiger partial charge in [0.1, 0.15) is 5.82 Å². The van der Waals surface area contributed by atoms with Crippen LogP contribution in [0, 0.1) is 12.7 Å². The van der Waals surface area contributed by atoms with E-state index in [0.717, 1.165) is 11.1 Å². The van der Waals surface area contributed by atoms with E-state index in [1.165, 1.54) is 22.5 Å². The molecule has 0 radical (unpaired) electrons. The molecule has 0 unspecified atom stereocenters. The van der Waals surface area contributed by atoms with E-state index in [1.807, 2.05) is 13.0 Å². The highest BCUT2D eigenvalue weighted by atomic mass is 35.5. The molecule has 34 heavy (non-hydrogen) atoms. The third kappa shape index (κ3) is 5.64. The van der Waals surface area contributed by atoms with Crippen LogP contribution in [-0.2, 0) is 16.6 Å². The Morgan fingerprint density at radius 2 is 1.71 bits per heavy atom. The van der Waals surface area contributed by atoms with E-state index < -0.39 is 15.8 Å². The number of nitrogens with one attached hydrogen (secondary N) is 1. The fourth-order valence-electron chi connectivity index (χ4n) is 3.83. The summed E-state index contributed by atoms with van der Waals surface area (Å²) >= 11 is 5.78. The van der Waals surface area contributed by atoms with Gasteiger partial charge in [-0.2, -0.15) is 4.31 Å². The molecule has 1 N–H and O–H groups in total. The molecule has 1 heterocycles. The van der Waals surface area contributed by atoms with Gasteiger partial charge in [0.25, 0.3) is 5.91 Å². The lowest BCUT2D eigenvalue weighted by molar-refractivity contribution is 0.102. The second kappa shape index (κ2) is 10.2. The van der Waals surface area contributed by atoms with Gasteiger partial charge in [-0.05, 0) is 55.0 Å². The molecule has 0 aromatic heterocycles. The highest BCUT2D eigenvalue weighted by Crippen LogP contribution is 2.21. The standard InChI is InChI=1S/C25H25ClFN3O3S/c1-18-5-8-22(9-6-18)34(32,33)30-13-11-29(12-14-30)17-19-3-2-4-20(15-19)25(31)28-21-7-10-24(27)23(26)16-21/h2-10,15-16H,11-14,17H2,1H3,(H,28,31). The van der Waals surface area contributed by atoms with E-state index in [2.05, 4.69) is 10.2 Å². The van der Waals surface area contributed by atoms with Crippen molar-refractivity contribution in [2.45, 2.75) is 18.4 Å². The van der Waals surface area contributed by atoms with E-state index in [4.69, 9.17) is 11.6 Å². The largest absolute Gasteiger partial charge is 0.322 e. The molecule has 1 amide bonds. The van der Waals surface area contributed by atoms with Crippen molar-refractivity contribution in [3.63, 3.8) is 0 Å². The monoisotopic (exact) mass is 501 g/mol. The Hall–Kier alpha value is -2.78. The number of carbonyl (C=O) groups excluding carboxylic acids is 1. The predicted octanol–water partition coefficient (Wildman–Crippen LogP) is 4.55. The third-order valence-electron chi connectivity index (χ3n) is 5.76. The van der Waals surface area contributed by atoms with Gasteiger partial charge >= 0.3 is 0 Å². The lowest BCUT2D eigenvalue weighted by Gasteiger charge is -2.34. The Morgan fingerprint density at radius 1 is 1.00 bits per heavy atom. The molecule has 4 rings (SSSR count). The van der Waals surface area contributed by atoms with Crippen LogP contribution < -0.4 is 5.32 Å². The first-order valence-corrected chi connectivity index (χ1v) is 12.7. The summed E-state index contributed by atoms with van der Waals surface area (Å²) in [7, 11) is -3.51. The number of amides is 1. The van der Waals surface area contributed by atoms with Crippen molar-refractivity contribution < 1.29 is 17.6 Å². The van der Waals surface area contributed by atoms with Gasteiger partial charge in [-0.3, -0.25) is 9.69 Å². The molecule has 9 heteroatoms. The minimum atomic E-state index is -3.51. The Kier molecular flexibility index (Phi) is 7.33. The van der Waals surface area contributed by atoms with Gasteiger partial charge in [0.05, 0.1) is 9.92 Å². The van der Waals surface area contributed by atoms with Gasteiger partial charge in [0.15, 0.2) is 0 Å². The Bertz CT molecular complexity index is 1290. The van der Waals surface area contributed by atoms with E-state index >= 15 is 0 Å². The highest BCUT2D eigenvalue weighted by Gasteiger charge is 2.28. The van der Waals surface area contributed by atoms with Crippen molar-refractivity contribution in [3.05, 3.63) is 94.3 Å². The van der Waals surface area contributed by atoms with Crippen LogP contribution in [0.15, 0.2) is 71.6 Å². The second-order valence-electron chi connectivity index (χ2n) is 8.28. The van der Waals surface area contributed by atoms with E-state index in [1.54, 1.807) is 42.5 Å². The number of hydrogen-bond donors (Lipinski definition) is 1. The van der Waals surface area contributed by atoms with Gasteiger partial charge < -0.3 is 5.32 Å². The molecule has 1 saturated heterocycles. The zero-order valence-electron chi connectivity index (χ0n) is 18.7. The SMILES string of the molecule is Cc1ccc(S(=O)(=O)N2CCN(Cc3cccc(C(=O)Nc4ccc(F)c(Cl)c4)c3)CC2)cc1. The fraction of sp³-hybridized carbons (Fsp3) is 0.240. The highest BCUT2D eigenvalue weighted by molar-refractivity contribution is 7.89. The molecule has 1 aliphatic heterocycles. The Morgan fingerprint density at radius 3 is 2.38 bits per heavy atom. The molecule has 1 aliphatic rings. The first kappa shape index (κ1) is 24.3. The van der Waals surface area contributed by atoms with Gasteiger partial charge in [-0.15, -0.1) is 0 Å². The number of piperazine rings is 1. The first-order chi connectivity index (χ1) is 16.2. The lowest BCUT2D eigenvalue weighted by Crippen LogP contribution is -2.48. The number of rotatable bonds is 6. The van der Waals surface area contributed by atoms with Crippen LogP contribution in [0.2, 0.25) is 5.02 Å². The van der Waals surface area contributed by atoms with E-state index in [0.29, 0.717) is 48.9 Å². The zero-order chi connectivity index (χ0) is 24.3. The molecular formula is C25H25ClFN3O3S. The summed E-state index contributed by atoms with van der Waals surface area (Å²) in [5.74, 6) is -0.869. The number of hydrogen-bond acceptors (Lipinski definition) is 4. The van der Waals surface area contributed by atoms with Crippen LogP contribution in [0.1, 0.15) is 21.5 Å². The summed E-state index contributed by atoms with van der Waals surface area (Å²) in [5, 5.41) is 2.66. The first-order valence-electron chi connectivity index (χ1n) is 10.9. The molecular weight excluding hydrogens is 477 g/mol. The quantitative estimate of drug-likeness (QED) is 0.538. The van der Waals surface area contributed by atoms with Crippen molar-refractivity contribution in [3.8, 4) is 0 Å². The van der Waals surface area contributed by atoms with Crippen LogP contribution in [0.5, 0.6) is 0 Å². The fourth-order valence-corrected chi connectivity index (χ4v) is 5.44. The second-order valence-corrected chi connectivity index (χ2v) is 10.6. The molecule has 0 bridgehead atoms. The summed E-state index contributed by atoms with van der Waals surface area (Å²) in [6.45, 7) is 4.52. The molecule has 3 aromatic rings. The van der Waals surface area contributed by atoms with E-state index in [9.17, 15) is 17.6 Å². The van der Waals surface area contributed by atoms with Gasteiger partial charge in [0.2, 0.25) is 10.0 Å². The molecule has 178 valence electrons. The molecule has 0 aliphatic carbocycles. The summed E-state index contributed by atoms with van der Waals surface area (Å²) in [4.78, 5) is 15.1. The number of carbonyl (C=O) groups is 1.